The Morgan fingerprint density at radius 2 is 1.66 bits per heavy atom. The summed E-state index contributed by atoms with van der Waals surface area (Å²) in [6.45, 7) is 3.24. The topological polar surface area (TPSA) is 53.5 Å². The molecule has 0 unspecified atom stereocenters. The molecule has 1 aliphatic heterocycles. The molecule has 4 rings (SSSR count). The van der Waals surface area contributed by atoms with E-state index in [1.807, 2.05) is 18.2 Å². The molecule has 0 bridgehead atoms. The first-order valence-electron chi connectivity index (χ1n) is 9.31. The van der Waals surface area contributed by atoms with Gasteiger partial charge in [0.05, 0.1) is 12.8 Å². The van der Waals surface area contributed by atoms with Gasteiger partial charge in [0.2, 0.25) is 0 Å². The van der Waals surface area contributed by atoms with E-state index < -0.39 is 11.6 Å². The van der Waals surface area contributed by atoms with Crippen LogP contribution in [0.1, 0.15) is 0 Å². The molecule has 3 aromatic rings. The molecule has 1 N–H and O–H groups in total. The molecule has 0 aliphatic carbocycles. The minimum Gasteiger partial charge on any atom is -0.495 e. The predicted octanol–water partition coefficient (Wildman–Crippen LogP) is 3.83. The van der Waals surface area contributed by atoms with Gasteiger partial charge in [-0.15, -0.1) is 0 Å². The van der Waals surface area contributed by atoms with Crippen molar-refractivity contribution in [1.29, 1.82) is 0 Å². The van der Waals surface area contributed by atoms with Crippen LogP contribution in [0.5, 0.6) is 5.75 Å². The number of nitrogens with one attached hydrogen (secondary N) is 1. The number of anilines is 4. The monoisotopic (exact) mass is 397 g/mol. The molecule has 150 valence electrons. The van der Waals surface area contributed by atoms with Crippen molar-refractivity contribution in [2.45, 2.75) is 0 Å². The summed E-state index contributed by atoms with van der Waals surface area (Å²) in [5.74, 6) is 0.377. The van der Waals surface area contributed by atoms with E-state index in [1.54, 1.807) is 13.2 Å². The van der Waals surface area contributed by atoms with Crippen LogP contribution >= 0.6 is 0 Å². The molecule has 1 saturated heterocycles. The van der Waals surface area contributed by atoms with Gasteiger partial charge in [0.15, 0.2) is 11.6 Å². The van der Waals surface area contributed by atoms with E-state index >= 15 is 0 Å². The average molecular weight is 397 g/mol. The maximum atomic E-state index is 13.4. The second kappa shape index (κ2) is 8.30. The molecule has 2 aromatic carbocycles. The Balaban J connectivity index is 1.43. The molecule has 0 saturated carbocycles. The maximum absolute atomic E-state index is 13.4. The van der Waals surface area contributed by atoms with Gasteiger partial charge in [0.1, 0.15) is 23.7 Å². The number of nitrogens with zero attached hydrogens (tertiary/aromatic N) is 4. The van der Waals surface area contributed by atoms with Gasteiger partial charge >= 0.3 is 0 Å². The van der Waals surface area contributed by atoms with Crippen LogP contribution in [0, 0.1) is 11.6 Å². The van der Waals surface area contributed by atoms with Crippen molar-refractivity contribution in [2.75, 3.05) is 48.4 Å². The molecule has 1 fully saturated rings. The van der Waals surface area contributed by atoms with E-state index in [0.717, 1.165) is 55.6 Å². The van der Waals surface area contributed by atoms with E-state index in [-0.39, 0.29) is 0 Å². The molecule has 0 spiro atoms. The number of aromatic nitrogens is 2. The van der Waals surface area contributed by atoms with Gasteiger partial charge in [-0.05, 0) is 24.3 Å². The van der Waals surface area contributed by atoms with E-state index in [0.29, 0.717) is 11.5 Å². The highest BCUT2D eigenvalue weighted by Crippen LogP contribution is 2.29. The zero-order valence-corrected chi connectivity index (χ0v) is 16.0. The fraction of sp³-hybridized carbons (Fsp3) is 0.238. The van der Waals surface area contributed by atoms with Crippen LogP contribution in [0.2, 0.25) is 0 Å². The number of ether oxygens (including phenoxy) is 1. The normalized spacial score (nSPS) is 14.0. The van der Waals surface area contributed by atoms with Crippen LogP contribution in [0.25, 0.3) is 0 Å². The Labute approximate surface area is 167 Å². The SMILES string of the molecule is COc1ccccc1N1CCN(c2cc(Nc3ccc(F)c(F)c3)ncn2)CC1. The molecular weight excluding hydrogens is 376 g/mol. The minimum absolute atomic E-state index is 0.426. The standard InChI is InChI=1S/C21H21F2N5O/c1-29-19-5-3-2-4-18(19)27-8-10-28(11-9-27)21-13-20(24-14-25-21)26-15-6-7-16(22)17(23)12-15/h2-7,12-14H,8-11H2,1H3,(H,24,25,26). The van der Waals surface area contributed by atoms with Gasteiger partial charge in [-0.1, -0.05) is 12.1 Å². The van der Waals surface area contributed by atoms with Gasteiger partial charge < -0.3 is 19.9 Å². The third-order valence-corrected chi connectivity index (χ3v) is 4.87. The first kappa shape index (κ1) is 18.9. The lowest BCUT2D eigenvalue weighted by molar-refractivity contribution is 0.413. The van der Waals surface area contributed by atoms with Crippen LogP contribution in [0.4, 0.5) is 31.8 Å². The highest BCUT2D eigenvalue weighted by atomic mass is 19.2. The molecule has 29 heavy (non-hydrogen) atoms. The minimum atomic E-state index is -0.906. The van der Waals surface area contributed by atoms with Crippen molar-refractivity contribution >= 4 is 23.0 Å². The molecule has 2 heterocycles. The first-order chi connectivity index (χ1) is 14.1. The Hall–Kier alpha value is -3.42. The molecular formula is C21H21F2N5O. The summed E-state index contributed by atoms with van der Waals surface area (Å²) in [5.41, 5.74) is 1.51. The van der Waals surface area contributed by atoms with Gasteiger partial charge in [0, 0.05) is 44.0 Å². The highest BCUT2D eigenvalue weighted by molar-refractivity contribution is 5.61. The van der Waals surface area contributed by atoms with Crippen LogP contribution in [-0.2, 0) is 0 Å². The second-order valence-electron chi connectivity index (χ2n) is 6.66. The molecule has 0 atom stereocenters. The third kappa shape index (κ3) is 4.21. The lowest BCUT2D eigenvalue weighted by Crippen LogP contribution is -2.47. The number of benzene rings is 2. The number of hydrogen-bond acceptors (Lipinski definition) is 6. The van der Waals surface area contributed by atoms with Gasteiger partial charge in [-0.2, -0.15) is 0 Å². The smallest absolute Gasteiger partial charge is 0.160 e. The Morgan fingerprint density at radius 3 is 2.41 bits per heavy atom. The van der Waals surface area contributed by atoms with E-state index in [4.69, 9.17) is 4.74 Å². The molecule has 1 aromatic heterocycles. The van der Waals surface area contributed by atoms with Crippen molar-refractivity contribution in [1.82, 2.24) is 9.97 Å². The number of methoxy groups -OCH3 is 1. The van der Waals surface area contributed by atoms with Gasteiger partial charge in [-0.3, -0.25) is 0 Å². The second-order valence-corrected chi connectivity index (χ2v) is 6.66. The lowest BCUT2D eigenvalue weighted by Gasteiger charge is -2.37. The first-order valence-corrected chi connectivity index (χ1v) is 9.31. The van der Waals surface area contributed by atoms with Crippen LogP contribution < -0.4 is 19.9 Å². The zero-order chi connectivity index (χ0) is 20.2. The van der Waals surface area contributed by atoms with Crippen molar-refractivity contribution < 1.29 is 13.5 Å². The molecule has 0 amide bonds. The predicted molar refractivity (Wildman–Crippen MR) is 109 cm³/mol. The third-order valence-electron chi connectivity index (χ3n) is 4.87. The summed E-state index contributed by atoms with van der Waals surface area (Å²) in [5, 5.41) is 2.99. The van der Waals surface area contributed by atoms with Crippen LogP contribution in [-0.4, -0.2) is 43.3 Å². The average Bonchev–Trinajstić information content (AvgIpc) is 2.76. The molecule has 8 heteroatoms. The molecule has 6 nitrogen and oxygen atoms in total. The summed E-state index contributed by atoms with van der Waals surface area (Å²) in [6, 6.07) is 13.4. The molecule has 0 radical (unpaired) electrons. The van der Waals surface area contributed by atoms with E-state index in [9.17, 15) is 8.78 Å². The van der Waals surface area contributed by atoms with E-state index in [1.165, 1.54) is 12.4 Å². The van der Waals surface area contributed by atoms with Crippen molar-refractivity contribution in [3.8, 4) is 5.75 Å². The Kier molecular flexibility index (Phi) is 5.41. The Morgan fingerprint density at radius 1 is 0.897 bits per heavy atom. The summed E-state index contributed by atoms with van der Waals surface area (Å²) < 4.78 is 32.0. The van der Waals surface area contributed by atoms with Crippen molar-refractivity contribution in [2.24, 2.45) is 0 Å². The quantitative estimate of drug-likeness (QED) is 0.706. The van der Waals surface area contributed by atoms with Crippen molar-refractivity contribution in [3.63, 3.8) is 0 Å². The summed E-state index contributed by atoms with van der Waals surface area (Å²) in [4.78, 5) is 13.0. The summed E-state index contributed by atoms with van der Waals surface area (Å²) in [7, 11) is 1.68. The van der Waals surface area contributed by atoms with Crippen LogP contribution in [0.3, 0.4) is 0 Å². The number of para-hydroxylation sites is 2. The highest BCUT2D eigenvalue weighted by Gasteiger charge is 2.20. The Bertz CT molecular complexity index is 992. The largest absolute Gasteiger partial charge is 0.495 e. The van der Waals surface area contributed by atoms with Crippen molar-refractivity contribution in [3.05, 3.63) is 66.5 Å². The maximum Gasteiger partial charge on any atom is 0.160 e. The number of rotatable bonds is 5. The van der Waals surface area contributed by atoms with Gasteiger partial charge in [-0.25, -0.2) is 18.7 Å². The number of piperazine rings is 1. The van der Waals surface area contributed by atoms with E-state index in [2.05, 4.69) is 31.2 Å². The van der Waals surface area contributed by atoms with Crippen LogP contribution in [0.15, 0.2) is 54.9 Å². The van der Waals surface area contributed by atoms with Gasteiger partial charge in [0.25, 0.3) is 0 Å². The zero-order valence-electron chi connectivity index (χ0n) is 16.0. The number of halogens is 2. The molecule has 1 aliphatic rings. The number of hydrogen-bond donors (Lipinski definition) is 1. The lowest BCUT2D eigenvalue weighted by atomic mass is 10.2. The fourth-order valence-corrected chi connectivity index (χ4v) is 3.38. The summed E-state index contributed by atoms with van der Waals surface area (Å²) in [6.07, 6.45) is 1.46. The fourth-order valence-electron chi connectivity index (χ4n) is 3.38. The summed E-state index contributed by atoms with van der Waals surface area (Å²) >= 11 is 0.